The van der Waals surface area contributed by atoms with Crippen molar-refractivity contribution in [2.24, 2.45) is 5.73 Å². The van der Waals surface area contributed by atoms with Gasteiger partial charge < -0.3 is 10.8 Å². The molecule has 0 aliphatic rings. The molecule has 1 aromatic carbocycles. The van der Waals surface area contributed by atoms with Crippen molar-refractivity contribution >= 4 is 0 Å². The highest BCUT2D eigenvalue weighted by molar-refractivity contribution is 5.33. The molecule has 0 saturated heterocycles. The third-order valence-electron chi connectivity index (χ3n) is 2.15. The van der Waals surface area contributed by atoms with Crippen LogP contribution in [-0.4, -0.2) is 11.7 Å². The molecule has 1 aromatic rings. The summed E-state index contributed by atoms with van der Waals surface area (Å²) >= 11 is 0. The molecular weight excluding hydrogens is 188 g/mol. The maximum absolute atomic E-state index is 12.3. The van der Waals surface area contributed by atoms with Crippen LogP contribution < -0.4 is 5.73 Å². The van der Waals surface area contributed by atoms with Gasteiger partial charge in [0, 0.05) is 5.56 Å². The van der Waals surface area contributed by atoms with Crippen LogP contribution in [-0.2, 0) is 0 Å². The van der Waals surface area contributed by atoms with E-state index in [2.05, 4.69) is 0 Å². The standard InChI is InChI=1S/C10H13F2NO/c1-6-2-3-7(10(11)12)4-8(6)9(13)5-14/h2-4,9-10,14H,5,13H2,1H3. The van der Waals surface area contributed by atoms with Crippen molar-refractivity contribution in [1.82, 2.24) is 0 Å². The van der Waals surface area contributed by atoms with Gasteiger partial charge in [-0.15, -0.1) is 0 Å². The molecule has 1 rings (SSSR count). The van der Waals surface area contributed by atoms with Crippen LogP contribution in [0.3, 0.4) is 0 Å². The van der Waals surface area contributed by atoms with Gasteiger partial charge in [0.1, 0.15) is 0 Å². The van der Waals surface area contributed by atoms with E-state index in [1.165, 1.54) is 12.1 Å². The Morgan fingerprint density at radius 1 is 1.43 bits per heavy atom. The van der Waals surface area contributed by atoms with Crippen LogP contribution >= 0.6 is 0 Å². The minimum atomic E-state index is -2.50. The highest BCUT2D eigenvalue weighted by Gasteiger charge is 2.12. The Kier molecular flexibility index (Phi) is 3.55. The molecule has 0 saturated carbocycles. The van der Waals surface area contributed by atoms with Crippen LogP contribution in [0, 0.1) is 6.92 Å². The van der Waals surface area contributed by atoms with E-state index in [0.717, 1.165) is 5.56 Å². The van der Waals surface area contributed by atoms with Gasteiger partial charge in [0.2, 0.25) is 0 Å². The number of nitrogens with two attached hydrogens (primary N) is 1. The van der Waals surface area contributed by atoms with Crippen molar-refractivity contribution in [2.45, 2.75) is 19.4 Å². The van der Waals surface area contributed by atoms with Crippen LogP contribution in [0.2, 0.25) is 0 Å². The molecule has 0 aromatic heterocycles. The van der Waals surface area contributed by atoms with E-state index < -0.39 is 12.5 Å². The predicted molar refractivity (Wildman–Crippen MR) is 50.2 cm³/mol. The molecule has 0 amide bonds. The first kappa shape index (κ1) is 11.1. The monoisotopic (exact) mass is 201 g/mol. The highest BCUT2D eigenvalue weighted by Crippen LogP contribution is 2.24. The van der Waals surface area contributed by atoms with Crippen molar-refractivity contribution in [2.75, 3.05) is 6.61 Å². The number of alkyl halides is 2. The molecule has 0 spiro atoms. The second-order valence-electron chi connectivity index (χ2n) is 3.21. The van der Waals surface area contributed by atoms with Crippen LogP contribution in [0.5, 0.6) is 0 Å². The zero-order chi connectivity index (χ0) is 10.7. The summed E-state index contributed by atoms with van der Waals surface area (Å²) in [7, 11) is 0. The molecule has 1 unspecified atom stereocenters. The van der Waals surface area contributed by atoms with Gasteiger partial charge in [-0.3, -0.25) is 0 Å². The summed E-state index contributed by atoms with van der Waals surface area (Å²) in [4.78, 5) is 0. The van der Waals surface area contributed by atoms with Gasteiger partial charge in [-0.25, -0.2) is 8.78 Å². The molecule has 0 aliphatic heterocycles. The van der Waals surface area contributed by atoms with Gasteiger partial charge in [-0.1, -0.05) is 12.1 Å². The van der Waals surface area contributed by atoms with Crippen molar-refractivity contribution in [3.63, 3.8) is 0 Å². The first-order valence-corrected chi connectivity index (χ1v) is 4.31. The molecule has 4 heteroatoms. The van der Waals surface area contributed by atoms with E-state index in [0.29, 0.717) is 5.56 Å². The summed E-state index contributed by atoms with van der Waals surface area (Å²) in [5, 5.41) is 8.83. The van der Waals surface area contributed by atoms with E-state index in [9.17, 15) is 8.78 Å². The maximum Gasteiger partial charge on any atom is 0.263 e. The van der Waals surface area contributed by atoms with Gasteiger partial charge in [0.15, 0.2) is 0 Å². The molecule has 0 aliphatic carbocycles. The van der Waals surface area contributed by atoms with Crippen LogP contribution in [0.15, 0.2) is 18.2 Å². The van der Waals surface area contributed by atoms with Crippen LogP contribution in [0.1, 0.15) is 29.2 Å². The average molecular weight is 201 g/mol. The minimum Gasteiger partial charge on any atom is -0.394 e. The lowest BCUT2D eigenvalue weighted by atomic mass is 10.00. The minimum absolute atomic E-state index is 0.0606. The summed E-state index contributed by atoms with van der Waals surface area (Å²) in [6.07, 6.45) is -2.50. The lowest BCUT2D eigenvalue weighted by molar-refractivity contribution is 0.151. The largest absolute Gasteiger partial charge is 0.394 e. The molecule has 14 heavy (non-hydrogen) atoms. The maximum atomic E-state index is 12.3. The Morgan fingerprint density at radius 2 is 2.07 bits per heavy atom. The molecule has 0 radical (unpaired) electrons. The fraction of sp³-hybridized carbons (Fsp3) is 0.400. The van der Waals surface area contributed by atoms with Crippen LogP contribution in [0.25, 0.3) is 0 Å². The molecule has 0 fully saturated rings. The van der Waals surface area contributed by atoms with E-state index in [1.807, 2.05) is 0 Å². The van der Waals surface area contributed by atoms with E-state index in [-0.39, 0.29) is 12.2 Å². The molecule has 3 N–H and O–H groups in total. The van der Waals surface area contributed by atoms with Crippen molar-refractivity contribution in [1.29, 1.82) is 0 Å². The zero-order valence-corrected chi connectivity index (χ0v) is 7.87. The Labute approximate surface area is 81.4 Å². The fourth-order valence-corrected chi connectivity index (χ4v) is 1.29. The van der Waals surface area contributed by atoms with E-state index in [4.69, 9.17) is 10.8 Å². The Balaban J connectivity index is 3.08. The second-order valence-corrected chi connectivity index (χ2v) is 3.21. The number of hydrogen-bond acceptors (Lipinski definition) is 2. The number of rotatable bonds is 3. The average Bonchev–Trinajstić information content (AvgIpc) is 2.17. The Morgan fingerprint density at radius 3 is 2.57 bits per heavy atom. The first-order chi connectivity index (χ1) is 6.56. The normalized spacial score (nSPS) is 13.3. The molecule has 0 heterocycles. The third kappa shape index (κ3) is 2.27. The molecular formula is C10H13F2NO. The number of benzene rings is 1. The number of aliphatic hydroxyl groups excluding tert-OH is 1. The molecule has 2 nitrogen and oxygen atoms in total. The topological polar surface area (TPSA) is 46.2 Å². The van der Waals surface area contributed by atoms with Crippen molar-refractivity contribution < 1.29 is 13.9 Å². The highest BCUT2D eigenvalue weighted by atomic mass is 19.3. The van der Waals surface area contributed by atoms with Crippen LogP contribution in [0.4, 0.5) is 8.78 Å². The summed E-state index contributed by atoms with van der Waals surface area (Å²) in [6, 6.07) is 3.72. The lowest BCUT2D eigenvalue weighted by Crippen LogP contribution is -2.16. The number of halogens is 2. The van der Waals surface area contributed by atoms with Gasteiger partial charge in [-0.05, 0) is 24.1 Å². The van der Waals surface area contributed by atoms with Gasteiger partial charge >= 0.3 is 0 Å². The summed E-state index contributed by atoms with van der Waals surface area (Å²) < 4.78 is 24.7. The second kappa shape index (κ2) is 4.48. The third-order valence-corrected chi connectivity index (χ3v) is 2.15. The van der Waals surface area contributed by atoms with E-state index in [1.54, 1.807) is 13.0 Å². The quantitative estimate of drug-likeness (QED) is 0.784. The summed E-state index contributed by atoms with van der Waals surface area (Å²) in [5.41, 5.74) is 6.90. The number of aliphatic hydroxyl groups is 1. The number of hydrogen-bond donors (Lipinski definition) is 2. The molecule has 78 valence electrons. The fourth-order valence-electron chi connectivity index (χ4n) is 1.29. The zero-order valence-electron chi connectivity index (χ0n) is 7.87. The summed E-state index contributed by atoms with van der Waals surface area (Å²) in [6.45, 7) is 1.54. The molecule has 0 bridgehead atoms. The smallest absolute Gasteiger partial charge is 0.263 e. The first-order valence-electron chi connectivity index (χ1n) is 4.31. The Bertz CT molecular complexity index is 315. The predicted octanol–water partition coefficient (Wildman–Crippen LogP) is 1.92. The molecule has 1 atom stereocenters. The SMILES string of the molecule is Cc1ccc(C(F)F)cc1C(N)CO. The number of aryl methyl sites for hydroxylation is 1. The van der Waals surface area contributed by atoms with Crippen molar-refractivity contribution in [3.05, 3.63) is 34.9 Å². The van der Waals surface area contributed by atoms with Crippen molar-refractivity contribution in [3.8, 4) is 0 Å². The summed E-state index contributed by atoms with van der Waals surface area (Å²) in [5.74, 6) is 0. The van der Waals surface area contributed by atoms with Gasteiger partial charge in [-0.2, -0.15) is 0 Å². The van der Waals surface area contributed by atoms with Gasteiger partial charge in [0.05, 0.1) is 12.6 Å². The van der Waals surface area contributed by atoms with E-state index >= 15 is 0 Å². The van der Waals surface area contributed by atoms with Gasteiger partial charge in [0.25, 0.3) is 6.43 Å². The lowest BCUT2D eigenvalue weighted by Gasteiger charge is -2.13. The Hall–Kier alpha value is -1.00.